The van der Waals surface area contributed by atoms with Gasteiger partial charge in [-0.3, -0.25) is 4.79 Å². The first-order valence-electron chi connectivity index (χ1n) is 2.76. The van der Waals surface area contributed by atoms with E-state index in [4.69, 9.17) is 0 Å². The molecule has 0 aromatic heterocycles. The van der Waals surface area contributed by atoms with Crippen molar-refractivity contribution in [2.45, 2.75) is 12.8 Å². The molecule has 0 aliphatic carbocycles. The Labute approximate surface area is 75.1 Å². The van der Waals surface area contributed by atoms with Gasteiger partial charge in [-0.1, -0.05) is 6.58 Å². The Balaban J connectivity index is 0.000000640. The summed E-state index contributed by atoms with van der Waals surface area (Å²) in [7, 11) is 0. The van der Waals surface area contributed by atoms with E-state index < -0.39 is 0 Å². The maximum absolute atomic E-state index is 10.7. The number of amides is 1. The van der Waals surface area contributed by atoms with Crippen molar-refractivity contribution < 1.29 is 4.79 Å². The number of hydrogen-bond acceptors (Lipinski definition) is 1. The van der Waals surface area contributed by atoms with Gasteiger partial charge in [-0.05, 0) is 12.6 Å². The molecule has 0 saturated carbocycles. The molecule has 1 aliphatic heterocycles. The van der Waals surface area contributed by atoms with Crippen LogP contribution in [-0.4, -0.2) is 44.7 Å². The van der Waals surface area contributed by atoms with E-state index in [2.05, 4.69) is 6.58 Å². The standard InChI is InChI=1S/C6H9NO.Pb.2H/c1-2-7-5-3-4-6(7)8;;;/h2H,1,3-5H2;;;. The quantitative estimate of drug-likeness (QED) is 0.615. The van der Waals surface area contributed by atoms with E-state index in [1.54, 1.807) is 11.1 Å². The average Bonchev–Trinajstić information content (AvgIpc) is 2.14. The van der Waals surface area contributed by atoms with Crippen LogP contribution in [0, 0.1) is 0 Å². The van der Waals surface area contributed by atoms with Crippen molar-refractivity contribution >= 4 is 33.2 Å². The summed E-state index contributed by atoms with van der Waals surface area (Å²) in [6, 6.07) is 0. The summed E-state index contributed by atoms with van der Waals surface area (Å²) in [6.45, 7) is 4.36. The van der Waals surface area contributed by atoms with E-state index in [0.717, 1.165) is 13.0 Å². The molecular weight excluding hydrogens is 309 g/mol. The van der Waals surface area contributed by atoms with Crippen LogP contribution < -0.4 is 0 Å². The van der Waals surface area contributed by atoms with E-state index >= 15 is 0 Å². The van der Waals surface area contributed by atoms with Gasteiger partial charge in [-0.15, -0.1) is 0 Å². The fourth-order valence-electron chi connectivity index (χ4n) is 0.862. The maximum atomic E-state index is 10.7. The van der Waals surface area contributed by atoms with Crippen molar-refractivity contribution in [2.75, 3.05) is 6.54 Å². The van der Waals surface area contributed by atoms with Gasteiger partial charge < -0.3 is 4.90 Å². The molecule has 1 aliphatic rings. The second-order valence-electron chi connectivity index (χ2n) is 1.87. The molecule has 1 fully saturated rings. The van der Waals surface area contributed by atoms with Gasteiger partial charge in [0.2, 0.25) is 5.91 Å². The zero-order valence-corrected chi connectivity index (χ0v) is 11.0. The third kappa shape index (κ3) is 2.08. The van der Waals surface area contributed by atoms with Crippen LogP contribution in [0.25, 0.3) is 0 Å². The van der Waals surface area contributed by atoms with Crippen molar-refractivity contribution in [3.63, 3.8) is 0 Å². The van der Waals surface area contributed by atoms with Crippen molar-refractivity contribution in [2.24, 2.45) is 0 Å². The Bertz CT molecular complexity index is 124. The molecule has 9 heavy (non-hydrogen) atoms. The summed E-state index contributed by atoms with van der Waals surface area (Å²) in [5.74, 6) is 0.208. The summed E-state index contributed by atoms with van der Waals surface area (Å²) in [4.78, 5) is 12.3. The molecule has 0 N–H and O–H groups in total. The summed E-state index contributed by atoms with van der Waals surface area (Å²) < 4.78 is 0. The molecule has 0 atom stereocenters. The number of likely N-dealkylation sites (tertiary alicyclic amines) is 1. The topological polar surface area (TPSA) is 20.3 Å². The second-order valence-corrected chi connectivity index (χ2v) is 1.87. The molecular formula is C6H11NOPb. The summed E-state index contributed by atoms with van der Waals surface area (Å²) in [5.41, 5.74) is 0. The number of carbonyl (C=O) groups is 1. The molecule has 1 rings (SSSR count). The predicted octanol–water partition coefficient (Wildman–Crippen LogP) is -0.164. The molecule has 0 aromatic carbocycles. The summed E-state index contributed by atoms with van der Waals surface area (Å²) in [6.07, 6.45) is 3.28. The molecule has 1 heterocycles. The van der Waals surface area contributed by atoms with Crippen LogP contribution in [0.1, 0.15) is 12.8 Å². The molecule has 1 saturated heterocycles. The molecule has 0 spiro atoms. The van der Waals surface area contributed by atoms with Gasteiger partial charge in [-0.2, -0.15) is 0 Å². The van der Waals surface area contributed by atoms with E-state index in [1.807, 2.05) is 0 Å². The number of nitrogens with zero attached hydrogens (tertiary/aromatic N) is 1. The molecule has 0 aromatic rings. The molecule has 1 amide bonds. The van der Waals surface area contributed by atoms with Crippen molar-refractivity contribution in [3.8, 4) is 0 Å². The van der Waals surface area contributed by atoms with Gasteiger partial charge in [0.25, 0.3) is 0 Å². The average molecular weight is 320 g/mol. The van der Waals surface area contributed by atoms with Gasteiger partial charge in [-0.25, -0.2) is 0 Å². The molecule has 0 bridgehead atoms. The fraction of sp³-hybridized carbons (Fsp3) is 0.500. The van der Waals surface area contributed by atoms with Crippen molar-refractivity contribution in [1.29, 1.82) is 0 Å². The van der Waals surface area contributed by atoms with Gasteiger partial charge in [0.05, 0.1) is 0 Å². The van der Waals surface area contributed by atoms with Crippen LogP contribution in [0.15, 0.2) is 12.8 Å². The minimum atomic E-state index is 0. The van der Waals surface area contributed by atoms with E-state index in [9.17, 15) is 4.79 Å². The van der Waals surface area contributed by atoms with Gasteiger partial charge in [0.1, 0.15) is 0 Å². The Morgan fingerprint density at radius 2 is 2.33 bits per heavy atom. The minimum absolute atomic E-state index is 0. The van der Waals surface area contributed by atoms with Crippen LogP contribution in [-0.2, 0) is 4.79 Å². The Hall–Kier alpha value is 0.132. The van der Waals surface area contributed by atoms with Gasteiger partial charge >= 0.3 is 27.3 Å². The molecule has 2 nitrogen and oxygen atoms in total. The van der Waals surface area contributed by atoms with E-state index in [1.165, 1.54) is 0 Å². The first-order valence-corrected chi connectivity index (χ1v) is 2.76. The van der Waals surface area contributed by atoms with Crippen molar-refractivity contribution in [3.05, 3.63) is 12.8 Å². The van der Waals surface area contributed by atoms with Crippen LogP contribution >= 0.6 is 0 Å². The van der Waals surface area contributed by atoms with Crippen LogP contribution in [0.4, 0.5) is 0 Å². The number of rotatable bonds is 1. The molecule has 0 unspecified atom stereocenters. The number of carbonyl (C=O) groups excluding carboxylic acids is 1. The normalized spacial score (nSPS) is 17.3. The Kier molecular flexibility index (Phi) is 4.09. The molecule has 50 valence electrons. The fourth-order valence-corrected chi connectivity index (χ4v) is 0.862. The SMILES string of the molecule is C=CN1CCCC1=O.[PbH2]. The first kappa shape index (κ1) is 9.13. The summed E-state index contributed by atoms with van der Waals surface area (Å²) >= 11 is 0. The predicted molar refractivity (Wildman–Crippen MR) is 39.7 cm³/mol. The van der Waals surface area contributed by atoms with Crippen molar-refractivity contribution in [1.82, 2.24) is 4.90 Å². The Morgan fingerprint density at radius 1 is 1.67 bits per heavy atom. The van der Waals surface area contributed by atoms with Crippen LogP contribution in [0.2, 0.25) is 0 Å². The van der Waals surface area contributed by atoms with E-state index in [-0.39, 0.29) is 33.2 Å². The molecule has 2 radical (unpaired) electrons. The zero-order valence-electron chi connectivity index (χ0n) is 5.47. The Morgan fingerprint density at radius 3 is 2.56 bits per heavy atom. The monoisotopic (exact) mass is 321 g/mol. The van der Waals surface area contributed by atoms with E-state index in [0.29, 0.717) is 6.42 Å². The summed E-state index contributed by atoms with van der Waals surface area (Å²) in [5, 5.41) is 0. The third-order valence-corrected chi connectivity index (χ3v) is 1.33. The third-order valence-electron chi connectivity index (χ3n) is 1.33. The van der Waals surface area contributed by atoms with Gasteiger partial charge in [0, 0.05) is 13.0 Å². The first-order chi connectivity index (χ1) is 3.84. The second kappa shape index (κ2) is 4.03. The van der Waals surface area contributed by atoms with Crippen LogP contribution in [0.5, 0.6) is 0 Å². The molecule has 3 heteroatoms. The number of hydrogen-bond donors (Lipinski definition) is 0. The zero-order chi connectivity index (χ0) is 5.98. The van der Waals surface area contributed by atoms with Gasteiger partial charge in [0.15, 0.2) is 0 Å². The van der Waals surface area contributed by atoms with Crippen LogP contribution in [0.3, 0.4) is 0 Å².